The van der Waals surface area contributed by atoms with E-state index in [-0.39, 0.29) is 18.2 Å². The lowest BCUT2D eigenvalue weighted by molar-refractivity contribution is -0.140. The van der Waals surface area contributed by atoms with Gasteiger partial charge in [-0.25, -0.2) is 0 Å². The summed E-state index contributed by atoms with van der Waals surface area (Å²) in [5, 5.41) is 0. The van der Waals surface area contributed by atoms with Crippen LogP contribution < -0.4 is 0 Å². The van der Waals surface area contributed by atoms with Crippen LogP contribution in [0.15, 0.2) is 4.99 Å². The Labute approximate surface area is 89.7 Å². The second-order valence-electron chi connectivity index (χ2n) is 4.06. The maximum atomic E-state index is 11.5. The number of ketones is 1. The Morgan fingerprint density at radius 2 is 2.40 bits per heavy atom. The van der Waals surface area contributed by atoms with Gasteiger partial charge in [-0.15, -0.1) is 0 Å². The molecule has 0 aliphatic heterocycles. The van der Waals surface area contributed by atoms with E-state index in [0.717, 1.165) is 12.8 Å². The summed E-state index contributed by atoms with van der Waals surface area (Å²) in [7, 11) is 1.36. The summed E-state index contributed by atoms with van der Waals surface area (Å²) < 4.78 is 4.49. The molecule has 4 nitrogen and oxygen atoms in total. The van der Waals surface area contributed by atoms with E-state index in [4.69, 9.17) is 0 Å². The lowest BCUT2D eigenvalue weighted by Gasteiger charge is -2.14. The number of ether oxygens (including phenoxy) is 1. The van der Waals surface area contributed by atoms with Crippen LogP contribution in [0.4, 0.5) is 0 Å². The first kappa shape index (κ1) is 11.9. The maximum absolute atomic E-state index is 11.5. The zero-order valence-electron chi connectivity index (χ0n) is 9.28. The molecule has 0 bridgehead atoms. The van der Waals surface area contributed by atoms with Crippen LogP contribution in [0.3, 0.4) is 0 Å². The van der Waals surface area contributed by atoms with Crippen molar-refractivity contribution >= 4 is 18.0 Å². The van der Waals surface area contributed by atoms with E-state index in [1.165, 1.54) is 7.11 Å². The Morgan fingerprint density at radius 3 is 2.93 bits per heavy atom. The van der Waals surface area contributed by atoms with Gasteiger partial charge >= 0.3 is 5.97 Å². The number of nitrogens with zero attached hydrogens (tertiary/aromatic N) is 1. The molecule has 1 aliphatic carbocycles. The van der Waals surface area contributed by atoms with Crippen molar-refractivity contribution in [2.45, 2.75) is 32.6 Å². The van der Waals surface area contributed by atoms with Crippen molar-refractivity contribution in [3.05, 3.63) is 0 Å². The van der Waals surface area contributed by atoms with Gasteiger partial charge in [0.05, 0.1) is 18.9 Å². The average molecular weight is 211 g/mol. The Morgan fingerprint density at radius 1 is 1.67 bits per heavy atom. The SMILES string of the molecule is COC(=O)CCN=CC1(C)CCCC1=O. The second-order valence-corrected chi connectivity index (χ2v) is 4.06. The second kappa shape index (κ2) is 5.05. The minimum Gasteiger partial charge on any atom is -0.469 e. The van der Waals surface area contributed by atoms with Crippen LogP contribution in [0.2, 0.25) is 0 Å². The fourth-order valence-electron chi connectivity index (χ4n) is 1.70. The highest BCUT2D eigenvalue weighted by Gasteiger charge is 2.35. The standard InChI is InChI=1S/C11H17NO3/c1-11(6-3-4-9(11)13)8-12-7-5-10(14)15-2/h8H,3-7H2,1-2H3. The Bertz CT molecular complexity index is 286. The van der Waals surface area contributed by atoms with Crippen molar-refractivity contribution in [2.24, 2.45) is 10.4 Å². The van der Waals surface area contributed by atoms with Gasteiger partial charge in [-0.05, 0) is 19.8 Å². The lowest BCUT2D eigenvalue weighted by Crippen LogP contribution is -2.23. The molecule has 1 rings (SSSR count). The van der Waals surface area contributed by atoms with Crippen LogP contribution in [-0.2, 0) is 14.3 Å². The third-order valence-electron chi connectivity index (χ3n) is 2.79. The number of carbonyl (C=O) groups is 2. The molecule has 1 saturated carbocycles. The van der Waals surface area contributed by atoms with Crippen LogP contribution >= 0.6 is 0 Å². The number of methoxy groups -OCH3 is 1. The van der Waals surface area contributed by atoms with Gasteiger partial charge in [0.15, 0.2) is 0 Å². The number of aliphatic imine (C=N–C) groups is 1. The number of hydrogen-bond donors (Lipinski definition) is 0. The van der Waals surface area contributed by atoms with Crippen molar-refractivity contribution in [3.63, 3.8) is 0 Å². The Hall–Kier alpha value is -1.19. The fraction of sp³-hybridized carbons (Fsp3) is 0.727. The van der Waals surface area contributed by atoms with Crippen LogP contribution in [0, 0.1) is 5.41 Å². The van der Waals surface area contributed by atoms with Gasteiger partial charge in [0.2, 0.25) is 0 Å². The largest absolute Gasteiger partial charge is 0.469 e. The number of carbonyl (C=O) groups excluding carboxylic acids is 2. The van der Waals surface area contributed by atoms with E-state index in [1.807, 2.05) is 6.92 Å². The first-order chi connectivity index (χ1) is 7.08. The molecule has 0 aromatic carbocycles. The zero-order valence-corrected chi connectivity index (χ0v) is 9.28. The lowest BCUT2D eigenvalue weighted by atomic mass is 9.89. The first-order valence-corrected chi connectivity index (χ1v) is 5.19. The Balaban J connectivity index is 2.37. The van der Waals surface area contributed by atoms with Crippen molar-refractivity contribution in [3.8, 4) is 0 Å². The predicted octanol–water partition coefficient (Wildman–Crippen LogP) is 1.38. The van der Waals surface area contributed by atoms with E-state index in [0.29, 0.717) is 13.0 Å². The van der Waals surface area contributed by atoms with E-state index in [9.17, 15) is 9.59 Å². The number of Topliss-reactive ketones (excluding diaryl/α,β-unsaturated/α-hetero) is 1. The predicted molar refractivity (Wildman–Crippen MR) is 57.0 cm³/mol. The van der Waals surface area contributed by atoms with Gasteiger partial charge in [-0.3, -0.25) is 14.6 Å². The topological polar surface area (TPSA) is 55.7 Å². The summed E-state index contributed by atoms with van der Waals surface area (Å²) in [6.07, 6.45) is 4.44. The summed E-state index contributed by atoms with van der Waals surface area (Å²) in [5.74, 6) is -0.0145. The quantitative estimate of drug-likeness (QED) is 0.521. The van der Waals surface area contributed by atoms with Crippen LogP contribution in [0.1, 0.15) is 32.6 Å². The molecule has 0 amide bonds. The molecule has 1 atom stereocenters. The monoisotopic (exact) mass is 211 g/mol. The van der Waals surface area contributed by atoms with E-state index in [2.05, 4.69) is 9.73 Å². The third kappa shape index (κ3) is 3.15. The summed E-state index contributed by atoms with van der Waals surface area (Å²) in [6, 6.07) is 0. The van der Waals surface area contributed by atoms with E-state index < -0.39 is 5.41 Å². The van der Waals surface area contributed by atoms with Gasteiger partial charge in [0, 0.05) is 19.2 Å². The number of esters is 1. The van der Waals surface area contributed by atoms with Gasteiger partial charge in [0.1, 0.15) is 5.78 Å². The summed E-state index contributed by atoms with van der Waals surface area (Å²) >= 11 is 0. The normalized spacial score (nSPS) is 26.1. The molecule has 0 spiro atoms. The molecular formula is C11H17NO3. The van der Waals surface area contributed by atoms with Crippen molar-refractivity contribution in [2.75, 3.05) is 13.7 Å². The van der Waals surface area contributed by atoms with Gasteiger partial charge in [-0.1, -0.05) is 0 Å². The average Bonchev–Trinajstić information content (AvgIpc) is 2.54. The van der Waals surface area contributed by atoms with Gasteiger partial charge < -0.3 is 4.74 Å². The van der Waals surface area contributed by atoms with Gasteiger partial charge in [0.25, 0.3) is 0 Å². The molecule has 4 heteroatoms. The minimum absolute atomic E-state index is 0.254. The molecule has 15 heavy (non-hydrogen) atoms. The number of rotatable bonds is 4. The third-order valence-corrected chi connectivity index (χ3v) is 2.79. The zero-order chi connectivity index (χ0) is 11.3. The van der Waals surface area contributed by atoms with Crippen molar-refractivity contribution < 1.29 is 14.3 Å². The molecule has 1 unspecified atom stereocenters. The maximum Gasteiger partial charge on any atom is 0.307 e. The molecule has 0 heterocycles. The van der Waals surface area contributed by atoms with Crippen LogP contribution in [0.5, 0.6) is 0 Å². The summed E-state index contributed by atoms with van der Waals surface area (Å²) in [5.41, 5.74) is -0.393. The van der Waals surface area contributed by atoms with Crippen LogP contribution in [-0.4, -0.2) is 31.6 Å². The molecular weight excluding hydrogens is 194 g/mol. The molecule has 0 saturated heterocycles. The number of hydrogen-bond acceptors (Lipinski definition) is 4. The van der Waals surface area contributed by atoms with Crippen molar-refractivity contribution in [1.82, 2.24) is 0 Å². The minimum atomic E-state index is -0.393. The summed E-state index contributed by atoms with van der Waals surface area (Å²) in [6.45, 7) is 2.31. The molecule has 0 radical (unpaired) electrons. The summed E-state index contributed by atoms with van der Waals surface area (Å²) in [4.78, 5) is 26.4. The highest BCUT2D eigenvalue weighted by atomic mass is 16.5. The molecule has 0 N–H and O–H groups in total. The molecule has 0 aromatic rings. The fourth-order valence-corrected chi connectivity index (χ4v) is 1.70. The van der Waals surface area contributed by atoms with Gasteiger partial charge in [-0.2, -0.15) is 0 Å². The smallest absolute Gasteiger partial charge is 0.307 e. The molecule has 84 valence electrons. The van der Waals surface area contributed by atoms with E-state index in [1.54, 1.807) is 6.21 Å². The van der Waals surface area contributed by atoms with E-state index >= 15 is 0 Å². The highest BCUT2D eigenvalue weighted by molar-refractivity contribution is 6.00. The Kier molecular flexibility index (Phi) is 4.00. The molecule has 1 aliphatic rings. The first-order valence-electron chi connectivity index (χ1n) is 5.19. The highest BCUT2D eigenvalue weighted by Crippen LogP contribution is 2.32. The molecule has 1 fully saturated rings. The van der Waals surface area contributed by atoms with Crippen LogP contribution in [0.25, 0.3) is 0 Å². The van der Waals surface area contributed by atoms with Crippen molar-refractivity contribution in [1.29, 1.82) is 0 Å². The molecule has 0 aromatic heterocycles.